The quantitative estimate of drug-likeness (QED) is 0.848. The molecule has 0 bridgehead atoms. The topological polar surface area (TPSA) is 29.5 Å². The highest BCUT2D eigenvalue weighted by atomic mass is 16.5. The zero-order valence-corrected chi connectivity index (χ0v) is 9.60. The number of hydrogen-bond donors (Lipinski definition) is 1. The molecule has 1 atom stereocenters. The first-order valence-electron chi connectivity index (χ1n) is 5.56. The van der Waals surface area contributed by atoms with Crippen LogP contribution in [0.5, 0.6) is 5.75 Å². The third-order valence-corrected chi connectivity index (χ3v) is 2.79. The Hall–Kier alpha value is -1.54. The fourth-order valence-corrected chi connectivity index (χ4v) is 1.94. The van der Waals surface area contributed by atoms with E-state index < -0.39 is 0 Å². The molecule has 16 heavy (non-hydrogen) atoms. The second kappa shape index (κ2) is 4.54. The first kappa shape index (κ1) is 11.0. The Morgan fingerprint density at radius 1 is 1.19 bits per heavy atom. The van der Waals surface area contributed by atoms with Crippen LogP contribution in [0.3, 0.4) is 0 Å². The van der Waals surface area contributed by atoms with Gasteiger partial charge in [-0.25, -0.2) is 0 Å². The fourth-order valence-electron chi connectivity index (χ4n) is 1.94. The third-order valence-electron chi connectivity index (χ3n) is 2.79. The molecule has 0 saturated heterocycles. The van der Waals surface area contributed by atoms with Crippen molar-refractivity contribution >= 4 is 10.8 Å². The van der Waals surface area contributed by atoms with Crippen molar-refractivity contribution in [2.75, 3.05) is 6.61 Å². The molecule has 0 fully saturated rings. The van der Waals surface area contributed by atoms with Crippen LogP contribution in [0.25, 0.3) is 10.8 Å². The van der Waals surface area contributed by atoms with Gasteiger partial charge in [0, 0.05) is 17.6 Å². The highest BCUT2D eigenvalue weighted by Gasteiger charge is 2.12. The summed E-state index contributed by atoms with van der Waals surface area (Å²) in [6.45, 7) is 4.55. The van der Waals surface area contributed by atoms with Gasteiger partial charge in [0.25, 0.3) is 0 Å². The minimum atomic E-state index is -0.0744. The van der Waals surface area contributed by atoms with Gasteiger partial charge in [0.05, 0.1) is 6.10 Å². The molecule has 0 spiro atoms. The van der Waals surface area contributed by atoms with E-state index in [1.807, 2.05) is 50.2 Å². The summed E-state index contributed by atoms with van der Waals surface area (Å²) in [4.78, 5) is 0. The predicted molar refractivity (Wildman–Crippen MR) is 65.7 cm³/mol. The van der Waals surface area contributed by atoms with Gasteiger partial charge in [-0.2, -0.15) is 0 Å². The van der Waals surface area contributed by atoms with E-state index in [-0.39, 0.29) is 6.10 Å². The molecular formula is C14H16O2. The normalized spacial score (nSPS) is 12.9. The van der Waals surface area contributed by atoms with Crippen molar-refractivity contribution in [3.63, 3.8) is 0 Å². The molecule has 0 aliphatic heterocycles. The summed E-state index contributed by atoms with van der Waals surface area (Å²) < 4.78 is 5.50. The fraction of sp³-hybridized carbons (Fsp3) is 0.286. The lowest BCUT2D eigenvalue weighted by molar-refractivity contribution is 0.0748. The zero-order chi connectivity index (χ0) is 11.5. The van der Waals surface area contributed by atoms with E-state index in [0.29, 0.717) is 12.4 Å². The molecule has 2 nitrogen and oxygen atoms in total. The van der Waals surface area contributed by atoms with E-state index in [1.165, 1.54) is 0 Å². The summed E-state index contributed by atoms with van der Waals surface area (Å²) in [6, 6.07) is 11.7. The Morgan fingerprint density at radius 2 is 1.94 bits per heavy atom. The Labute approximate surface area is 95.5 Å². The number of benzene rings is 2. The van der Waals surface area contributed by atoms with Crippen LogP contribution >= 0.6 is 0 Å². The zero-order valence-electron chi connectivity index (χ0n) is 9.60. The van der Waals surface area contributed by atoms with Gasteiger partial charge in [-0.05, 0) is 19.2 Å². The van der Waals surface area contributed by atoms with E-state index in [1.54, 1.807) is 0 Å². The molecule has 2 aromatic carbocycles. The smallest absolute Gasteiger partial charge is 0.129 e. The minimum Gasteiger partial charge on any atom is -0.507 e. The monoisotopic (exact) mass is 216 g/mol. The SMILES string of the molecule is CCOC(C)c1ccc2ccccc2c1O. The van der Waals surface area contributed by atoms with E-state index in [4.69, 9.17) is 4.74 Å². The Bertz CT molecular complexity index is 491. The van der Waals surface area contributed by atoms with Crippen LogP contribution in [0.4, 0.5) is 0 Å². The maximum atomic E-state index is 10.2. The van der Waals surface area contributed by atoms with Crippen LogP contribution in [0.15, 0.2) is 36.4 Å². The Kier molecular flexibility index (Phi) is 3.11. The molecule has 0 amide bonds. The number of fused-ring (bicyclic) bond motifs is 1. The van der Waals surface area contributed by atoms with Crippen LogP contribution in [-0.2, 0) is 4.74 Å². The van der Waals surface area contributed by atoms with Crippen LogP contribution in [0.2, 0.25) is 0 Å². The van der Waals surface area contributed by atoms with Crippen LogP contribution in [-0.4, -0.2) is 11.7 Å². The standard InChI is InChI=1S/C14H16O2/c1-3-16-10(2)12-9-8-11-6-4-5-7-13(11)14(12)15/h4-10,15H,3H2,1-2H3. The van der Waals surface area contributed by atoms with E-state index in [0.717, 1.165) is 16.3 Å². The molecule has 1 N–H and O–H groups in total. The van der Waals surface area contributed by atoms with E-state index >= 15 is 0 Å². The lowest BCUT2D eigenvalue weighted by Gasteiger charge is -2.14. The number of rotatable bonds is 3. The minimum absolute atomic E-state index is 0.0744. The molecule has 2 rings (SSSR count). The van der Waals surface area contributed by atoms with Crippen LogP contribution in [0, 0.1) is 0 Å². The molecule has 1 unspecified atom stereocenters. The highest BCUT2D eigenvalue weighted by Crippen LogP contribution is 2.33. The van der Waals surface area contributed by atoms with Gasteiger partial charge in [0.1, 0.15) is 5.75 Å². The maximum absolute atomic E-state index is 10.2. The Balaban J connectivity index is 2.52. The van der Waals surface area contributed by atoms with Crippen LogP contribution in [0.1, 0.15) is 25.5 Å². The molecule has 0 radical (unpaired) electrons. The number of ether oxygens (including phenoxy) is 1. The summed E-state index contributed by atoms with van der Waals surface area (Å²) >= 11 is 0. The molecular weight excluding hydrogens is 200 g/mol. The van der Waals surface area contributed by atoms with Gasteiger partial charge in [-0.3, -0.25) is 0 Å². The van der Waals surface area contributed by atoms with Gasteiger partial charge in [-0.1, -0.05) is 36.4 Å². The number of phenolic OH excluding ortho intramolecular Hbond substituents is 1. The summed E-state index contributed by atoms with van der Waals surface area (Å²) in [5, 5.41) is 12.1. The van der Waals surface area contributed by atoms with Crippen molar-refractivity contribution in [3.8, 4) is 5.75 Å². The van der Waals surface area contributed by atoms with Gasteiger partial charge in [-0.15, -0.1) is 0 Å². The number of phenols is 1. The number of hydrogen-bond acceptors (Lipinski definition) is 2. The van der Waals surface area contributed by atoms with Crippen molar-refractivity contribution < 1.29 is 9.84 Å². The summed E-state index contributed by atoms with van der Waals surface area (Å²) in [5.74, 6) is 0.332. The first-order chi connectivity index (χ1) is 7.74. The lowest BCUT2D eigenvalue weighted by Crippen LogP contribution is -1.99. The van der Waals surface area contributed by atoms with Gasteiger partial charge in [0.2, 0.25) is 0 Å². The molecule has 0 aliphatic carbocycles. The van der Waals surface area contributed by atoms with E-state index in [2.05, 4.69) is 0 Å². The molecule has 0 aromatic heterocycles. The largest absolute Gasteiger partial charge is 0.507 e. The van der Waals surface area contributed by atoms with Crippen molar-refractivity contribution in [1.29, 1.82) is 0 Å². The molecule has 84 valence electrons. The molecule has 2 aromatic rings. The Morgan fingerprint density at radius 3 is 2.69 bits per heavy atom. The average molecular weight is 216 g/mol. The predicted octanol–water partition coefficient (Wildman–Crippen LogP) is 3.64. The average Bonchev–Trinajstić information content (AvgIpc) is 2.30. The highest BCUT2D eigenvalue weighted by molar-refractivity contribution is 5.89. The third kappa shape index (κ3) is 1.89. The summed E-state index contributed by atoms with van der Waals surface area (Å²) in [5.41, 5.74) is 0.848. The summed E-state index contributed by atoms with van der Waals surface area (Å²) in [6.07, 6.45) is -0.0744. The van der Waals surface area contributed by atoms with Crippen LogP contribution < -0.4 is 0 Å². The maximum Gasteiger partial charge on any atom is 0.129 e. The van der Waals surface area contributed by atoms with Crippen molar-refractivity contribution in [1.82, 2.24) is 0 Å². The lowest BCUT2D eigenvalue weighted by atomic mass is 10.0. The van der Waals surface area contributed by atoms with Gasteiger partial charge < -0.3 is 9.84 Å². The number of aromatic hydroxyl groups is 1. The summed E-state index contributed by atoms with van der Waals surface area (Å²) in [7, 11) is 0. The van der Waals surface area contributed by atoms with Gasteiger partial charge >= 0.3 is 0 Å². The molecule has 0 aliphatic rings. The van der Waals surface area contributed by atoms with Crippen molar-refractivity contribution in [3.05, 3.63) is 42.0 Å². The molecule has 0 heterocycles. The van der Waals surface area contributed by atoms with Gasteiger partial charge in [0.15, 0.2) is 0 Å². The van der Waals surface area contributed by atoms with Crippen molar-refractivity contribution in [2.24, 2.45) is 0 Å². The van der Waals surface area contributed by atoms with E-state index in [9.17, 15) is 5.11 Å². The first-order valence-corrected chi connectivity index (χ1v) is 5.56. The molecule has 0 saturated carbocycles. The molecule has 2 heteroatoms. The van der Waals surface area contributed by atoms with Crippen molar-refractivity contribution in [2.45, 2.75) is 20.0 Å². The second-order valence-electron chi connectivity index (χ2n) is 3.82. The second-order valence-corrected chi connectivity index (χ2v) is 3.82.